The van der Waals surface area contributed by atoms with E-state index in [0.717, 1.165) is 19.2 Å². The van der Waals surface area contributed by atoms with Gasteiger partial charge in [0.25, 0.3) is 11.8 Å². The summed E-state index contributed by atoms with van der Waals surface area (Å²) in [7, 11) is 2.00. The first-order chi connectivity index (χ1) is 22.3. The Morgan fingerprint density at radius 2 is 1.39 bits per heavy atom. The highest BCUT2D eigenvalue weighted by Gasteiger charge is 2.47. The Hall–Kier alpha value is -4.00. The van der Waals surface area contributed by atoms with Crippen LogP contribution in [0, 0.1) is 0 Å². The third-order valence-corrected chi connectivity index (χ3v) is 8.31. The van der Waals surface area contributed by atoms with Gasteiger partial charge in [-0.1, -0.05) is 36.4 Å². The smallest absolute Gasteiger partial charge is 0.276 e. The molecule has 0 radical (unpaired) electrons. The number of rotatable bonds is 6. The Kier molecular flexibility index (Phi) is 9.71. The molecule has 5 unspecified atom stereocenters. The summed E-state index contributed by atoms with van der Waals surface area (Å²) in [6, 6.07) is 13.3. The fourth-order valence-electron chi connectivity index (χ4n) is 6.33. The highest BCUT2D eigenvalue weighted by molar-refractivity contribution is 6.39. The van der Waals surface area contributed by atoms with E-state index in [0.29, 0.717) is 43.6 Å². The number of para-hydroxylation sites is 2. The van der Waals surface area contributed by atoms with Crippen molar-refractivity contribution in [3.63, 3.8) is 0 Å². The number of fused-ring (bicyclic) bond motifs is 10. The predicted molar refractivity (Wildman–Crippen MR) is 166 cm³/mol. The van der Waals surface area contributed by atoms with Crippen LogP contribution in [0.15, 0.2) is 48.5 Å². The van der Waals surface area contributed by atoms with Crippen molar-refractivity contribution in [1.82, 2.24) is 20.0 Å². The number of aromatic nitrogens is 2. The van der Waals surface area contributed by atoms with E-state index in [1.807, 2.05) is 12.1 Å². The highest BCUT2D eigenvalue weighted by Crippen LogP contribution is 2.47. The largest absolute Gasteiger partial charge is 0.400 e. The van der Waals surface area contributed by atoms with E-state index in [2.05, 4.69) is 10.4 Å². The van der Waals surface area contributed by atoms with Gasteiger partial charge < -0.3 is 55.1 Å². The van der Waals surface area contributed by atoms with E-state index < -0.39 is 68.3 Å². The number of aliphatic hydroxyl groups excluding tert-OH is 8. The minimum atomic E-state index is -1.65. The summed E-state index contributed by atoms with van der Waals surface area (Å²) in [4.78, 5) is 31.3. The van der Waals surface area contributed by atoms with Crippen molar-refractivity contribution in [2.75, 3.05) is 34.0 Å². The lowest BCUT2D eigenvalue weighted by molar-refractivity contribution is -0.249. The monoisotopic (exact) mass is 640 g/mol. The zero-order chi connectivity index (χ0) is 33.4. The molecule has 2 aliphatic heterocycles. The van der Waals surface area contributed by atoms with Crippen molar-refractivity contribution in [2.45, 2.75) is 36.7 Å². The first-order valence-electron chi connectivity index (χ1n) is 14.4. The predicted octanol–water partition coefficient (Wildman–Crippen LogP) is -0.928. The van der Waals surface area contributed by atoms with Gasteiger partial charge in [-0.15, -0.1) is 0 Å². The van der Waals surface area contributed by atoms with E-state index in [9.17, 15) is 40.2 Å². The number of hydrogen-bond acceptors (Lipinski definition) is 12. The second-order valence-corrected chi connectivity index (χ2v) is 10.6. The van der Waals surface area contributed by atoms with Crippen LogP contribution >= 0.6 is 0 Å². The Labute approximate surface area is 261 Å². The molecule has 1 saturated heterocycles. The van der Waals surface area contributed by atoms with Gasteiger partial charge in [-0.2, -0.15) is 0 Å². The number of carbonyl (C=O) groups excluding carboxylic acids is 2. The second kappa shape index (κ2) is 13.4. The van der Waals surface area contributed by atoms with Gasteiger partial charge in [-0.3, -0.25) is 9.59 Å². The number of hydrogen-bond donors (Lipinski definition) is 10. The summed E-state index contributed by atoms with van der Waals surface area (Å²) in [6.45, 7) is -1.68. The van der Waals surface area contributed by atoms with Crippen LogP contribution in [0.25, 0.3) is 43.6 Å². The van der Waals surface area contributed by atoms with Crippen LogP contribution in [0.1, 0.15) is 26.9 Å². The molecular weight excluding hydrogens is 604 g/mol. The van der Waals surface area contributed by atoms with Gasteiger partial charge in [-0.05, 0) is 12.1 Å². The molecule has 2 aliphatic rings. The fourth-order valence-corrected chi connectivity index (χ4v) is 6.33. The van der Waals surface area contributed by atoms with E-state index >= 15 is 0 Å². The number of hydrazine groups is 1. The Morgan fingerprint density at radius 3 is 2.02 bits per heavy atom. The summed E-state index contributed by atoms with van der Waals surface area (Å²) in [5.41, 5.74) is 4.87. The number of amides is 2. The third kappa shape index (κ3) is 4.85. The summed E-state index contributed by atoms with van der Waals surface area (Å²) in [5, 5.41) is 78.3. The van der Waals surface area contributed by atoms with Gasteiger partial charge in [0.05, 0.1) is 53.5 Å². The number of carbonyl (C=O) groups is 2. The number of benzene rings is 3. The van der Waals surface area contributed by atoms with Crippen molar-refractivity contribution < 1.29 is 55.2 Å². The molecule has 1 fully saturated rings. The van der Waals surface area contributed by atoms with Gasteiger partial charge in [0.1, 0.15) is 24.4 Å². The quantitative estimate of drug-likeness (QED) is 0.101. The topological polar surface area (TPSA) is 241 Å². The number of aromatic amines is 1. The number of nitrogens with one attached hydrogen (secondary N) is 2. The van der Waals surface area contributed by atoms with Crippen LogP contribution in [0.2, 0.25) is 0 Å². The second-order valence-electron chi connectivity index (χ2n) is 10.6. The summed E-state index contributed by atoms with van der Waals surface area (Å²) < 4.78 is 7.61. The zero-order valence-corrected chi connectivity index (χ0v) is 24.9. The van der Waals surface area contributed by atoms with Gasteiger partial charge in [0, 0.05) is 41.3 Å². The van der Waals surface area contributed by atoms with Crippen LogP contribution in [0.3, 0.4) is 0 Å². The number of imide groups is 1. The molecule has 3 aromatic carbocycles. The number of aliphatic hydroxyl groups is 8. The van der Waals surface area contributed by atoms with Crippen LogP contribution in [-0.2, 0) is 4.74 Å². The van der Waals surface area contributed by atoms with Crippen molar-refractivity contribution in [3.8, 4) is 0 Å². The minimum Gasteiger partial charge on any atom is -0.400 e. The molecule has 5 atom stereocenters. The summed E-state index contributed by atoms with van der Waals surface area (Å²) in [5.74, 6) is -1.36. The van der Waals surface area contributed by atoms with Crippen molar-refractivity contribution in [2.24, 2.45) is 0 Å². The lowest BCUT2D eigenvalue weighted by atomic mass is 9.96. The average Bonchev–Trinajstić information content (AvgIpc) is 3.72. The van der Waals surface area contributed by atoms with Gasteiger partial charge in [-0.25, -0.2) is 10.4 Å². The van der Waals surface area contributed by atoms with Crippen molar-refractivity contribution >= 4 is 55.4 Å². The normalized spacial score (nSPS) is 22.8. The molecule has 2 amide bonds. The molecular formula is C31H36N4O11. The summed E-state index contributed by atoms with van der Waals surface area (Å²) in [6.07, 6.45) is -7.34. The molecule has 0 saturated carbocycles. The molecule has 5 aromatic rings. The maximum Gasteiger partial charge on any atom is 0.276 e. The minimum absolute atomic E-state index is 0.0777. The molecule has 0 bridgehead atoms. The molecule has 46 heavy (non-hydrogen) atoms. The third-order valence-electron chi connectivity index (χ3n) is 8.31. The van der Waals surface area contributed by atoms with Crippen LogP contribution in [0.4, 0.5) is 0 Å². The number of H-pyrrole nitrogens is 1. The van der Waals surface area contributed by atoms with Gasteiger partial charge >= 0.3 is 0 Å². The van der Waals surface area contributed by atoms with E-state index in [4.69, 9.17) is 14.9 Å². The first kappa shape index (κ1) is 33.4. The molecule has 0 aliphatic carbocycles. The molecule has 15 heteroatoms. The number of nitrogens with zero attached hydrogens (tertiary/aromatic N) is 2. The molecule has 10 N–H and O–H groups in total. The first-order valence-corrected chi connectivity index (χ1v) is 14.4. The molecule has 246 valence electrons. The van der Waals surface area contributed by atoms with Crippen LogP contribution in [0.5, 0.6) is 0 Å². The number of ether oxygens (including phenoxy) is 1. The standard InChI is InChI=1S/C29H28N4O9.2CH4O/c34-9-12(10-35)31-33-27(40)20-18-13-5-1-3-7-15(13)30-22(18)23-19(21(20)28(33)41)14-6-2-4-8-16(14)32(23)29-26(39)25(38)24(37)17(11-36)42-29;2*1-2/h1-8,12,17,24-26,29-31,34-39H,9-11H2;2*2H,1H3. The SMILES string of the molecule is CO.CO.O=C1c2c(c3c4ccccc4n(C4OC(CO)C(O)C(O)C4O)c3c3[nH]c4ccccc4c23)C(=O)N1NC(CO)CO. The average molecular weight is 641 g/mol. The Morgan fingerprint density at radius 1 is 0.804 bits per heavy atom. The maximum absolute atomic E-state index is 14.1. The van der Waals surface area contributed by atoms with Crippen molar-refractivity contribution in [1.29, 1.82) is 0 Å². The van der Waals surface area contributed by atoms with Gasteiger partial charge in [0.15, 0.2) is 6.23 Å². The van der Waals surface area contributed by atoms with Crippen LogP contribution in [-0.4, -0.2) is 132 Å². The molecule has 2 aromatic heterocycles. The molecule has 15 nitrogen and oxygen atoms in total. The zero-order valence-electron chi connectivity index (χ0n) is 24.9. The molecule has 4 heterocycles. The maximum atomic E-state index is 14.1. The van der Waals surface area contributed by atoms with Gasteiger partial charge in [0.2, 0.25) is 0 Å². The fraction of sp³-hybridized carbons (Fsp3) is 0.355. The Balaban J connectivity index is 0.00000100. The van der Waals surface area contributed by atoms with E-state index in [-0.39, 0.29) is 11.1 Å². The van der Waals surface area contributed by atoms with E-state index in [1.165, 1.54) is 0 Å². The lowest BCUT2D eigenvalue weighted by Gasteiger charge is -2.41. The lowest BCUT2D eigenvalue weighted by Crippen LogP contribution is -2.56. The summed E-state index contributed by atoms with van der Waals surface area (Å²) >= 11 is 0. The highest BCUT2D eigenvalue weighted by atomic mass is 16.6. The van der Waals surface area contributed by atoms with Crippen molar-refractivity contribution in [3.05, 3.63) is 59.7 Å². The van der Waals surface area contributed by atoms with E-state index in [1.54, 1.807) is 41.0 Å². The Bertz CT molecular complexity index is 1900. The van der Waals surface area contributed by atoms with Crippen LogP contribution < -0.4 is 5.43 Å². The molecule has 0 spiro atoms. The molecule has 7 rings (SSSR count).